The summed E-state index contributed by atoms with van der Waals surface area (Å²) >= 11 is 1.97. The molecule has 82 valence electrons. The monoisotopic (exact) mass is 215 g/mol. The second kappa shape index (κ2) is 4.42. The van der Waals surface area contributed by atoms with Gasteiger partial charge in [-0.2, -0.15) is 0 Å². The highest BCUT2D eigenvalue weighted by Gasteiger charge is 2.49. The Morgan fingerprint density at radius 2 is 2.00 bits per heavy atom. The summed E-state index contributed by atoms with van der Waals surface area (Å²) in [6, 6.07) is 0. The van der Waals surface area contributed by atoms with Crippen LogP contribution in [0.1, 0.15) is 26.7 Å². The van der Waals surface area contributed by atoms with Gasteiger partial charge in [0.1, 0.15) is 0 Å². The molecule has 4 aliphatic heterocycles. The number of ether oxygens (including phenoxy) is 1. The molecular formula is C11H21NOS. The normalized spacial score (nSPS) is 45.0. The van der Waals surface area contributed by atoms with E-state index in [0.29, 0.717) is 0 Å². The maximum Gasteiger partial charge on any atom is 0.0939 e. The van der Waals surface area contributed by atoms with Gasteiger partial charge in [-0.3, -0.25) is 0 Å². The van der Waals surface area contributed by atoms with Crippen LogP contribution < -0.4 is 0 Å². The average molecular weight is 215 g/mol. The fraction of sp³-hybridized carbons (Fsp3) is 1.00. The van der Waals surface area contributed by atoms with E-state index in [1.165, 1.54) is 38.2 Å². The molecule has 0 amide bonds. The van der Waals surface area contributed by atoms with Crippen molar-refractivity contribution in [3.8, 4) is 0 Å². The standard InChI is InChI=1S/C9H15NOS.C2H6/c1-3-10-4-2-8(1)9(5-10)6-12-7-11-9;1-2/h8H,1-7H2;1-2H3/t9-;/m1./s1. The van der Waals surface area contributed by atoms with Crippen LogP contribution in [0.25, 0.3) is 0 Å². The Bertz CT molecular complexity index is 184. The van der Waals surface area contributed by atoms with Crippen LogP contribution in [0, 0.1) is 5.92 Å². The number of hydrogen-bond acceptors (Lipinski definition) is 3. The first-order valence-electron chi connectivity index (χ1n) is 5.83. The van der Waals surface area contributed by atoms with Gasteiger partial charge in [-0.25, -0.2) is 0 Å². The molecule has 2 nitrogen and oxygen atoms in total. The molecule has 4 fully saturated rings. The van der Waals surface area contributed by atoms with Crippen LogP contribution in [-0.4, -0.2) is 41.8 Å². The van der Waals surface area contributed by atoms with Gasteiger partial charge in [-0.15, -0.1) is 11.8 Å². The molecule has 0 saturated carbocycles. The van der Waals surface area contributed by atoms with Crippen molar-refractivity contribution >= 4 is 11.8 Å². The van der Waals surface area contributed by atoms with Crippen molar-refractivity contribution in [2.75, 3.05) is 31.3 Å². The average Bonchev–Trinajstić information content (AvgIpc) is 2.71. The van der Waals surface area contributed by atoms with Gasteiger partial charge in [0.2, 0.25) is 0 Å². The molecule has 0 aromatic carbocycles. The predicted molar refractivity (Wildman–Crippen MR) is 61.7 cm³/mol. The number of hydrogen-bond donors (Lipinski definition) is 0. The third kappa shape index (κ3) is 1.70. The van der Waals surface area contributed by atoms with Crippen molar-refractivity contribution < 1.29 is 4.74 Å². The van der Waals surface area contributed by atoms with Crippen LogP contribution in [0.5, 0.6) is 0 Å². The van der Waals surface area contributed by atoms with E-state index in [4.69, 9.17) is 4.74 Å². The lowest BCUT2D eigenvalue weighted by atomic mass is 9.76. The van der Waals surface area contributed by atoms with Gasteiger partial charge in [0.15, 0.2) is 0 Å². The number of fused-ring (bicyclic) bond motifs is 2. The van der Waals surface area contributed by atoms with Crippen molar-refractivity contribution in [2.24, 2.45) is 5.92 Å². The highest BCUT2D eigenvalue weighted by molar-refractivity contribution is 7.99. The van der Waals surface area contributed by atoms with Crippen LogP contribution >= 0.6 is 11.8 Å². The molecule has 4 rings (SSSR count). The molecule has 0 aliphatic carbocycles. The fourth-order valence-electron chi connectivity index (χ4n) is 2.87. The number of rotatable bonds is 0. The molecule has 4 saturated heterocycles. The first kappa shape index (κ1) is 10.8. The fourth-order valence-corrected chi connectivity index (χ4v) is 4.02. The summed E-state index contributed by atoms with van der Waals surface area (Å²) in [7, 11) is 0. The van der Waals surface area contributed by atoms with E-state index in [0.717, 1.165) is 11.9 Å². The Kier molecular flexibility index (Phi) is 3.40. The van der Waals surface area contributed by atoms with Crippen molar-refractivity contribution in [3.05, 3.63) is 0 Å². The second-order valence-electron chi connectivity index (χ2n) is 4.23. The quantitative estimate of drug-likeness (QED) is 0.614. The molecule has 1 atom stereocenters. The van der Waals surface area contributed by atoms with Crippen LogP contribution in [0.2, 0.25) is 0 Å². The maximum absolute atomic E-state index is 5.94. The molecule has 4 aliphatic rings. The summed E-state index contributed by atoms with van der Waals surface area (Å²) in [5, 5.41) is 0. The first-order valence-corrected chi connectivity index (χ1v) is 6.99. The third-order valence-electron chi connectivity index (χ3n) is 3.60. The number of nitrogens with zero attached hydrogens (tertiary/aromatic N) is 1. The molecule has 0 radical (unpaired) electrons. The minimum Gasteiger partial charge on any atom is -0.362 e. The summed E-state index contributed by atoms with van der Waals surface area (Å²) in [5.74, 6) is 3.05. The van der Waals surface area contributed by atoms with Crippen molar-refractivity contribution in [1.82, 2.24) is 4.90 Å². The van der Waals surface area contributed by atoms with E-state index in [-0.39, 0.29) is 5.60 Å². The van der Waals surface area contributed by atoms with Crippen LogP contribution in [0.15, 0.2) is 0 Å². The molecule has 2 bridgehead atoms. The van der Waals surface area contributed by atoms with Gasteiger partial charge >= 0.3 is 0 Å². The molecule has 0 aromatic rings. The molecule has 4 heterocycles. The van der Waals surface area contributed by atoms with E-state index in [1.54, 1.807) is 0 Å². The summed E-state index contributed by atoms with van der Waals surface area (Å²) in [4.78, 5) is 2.58. The van der Waals surface area contributed by atoms with Crippen molar-refractivity contribution in [1.29, 1.82) is 0 Å². The lowest BCUT2D eigenvalue weighted by molar-refractivity contribution is -0.115. The van der Waals surface area contributed by atoms with Crippen LogP contribution in [-0.2, 0) is 4.74 Å². The van der Waals surface area contributed by atoms with Gasteiger partial charge in [-0.05, 0) is 31.8 Å². The molecule has 0 unspecified atom stereocenters. The molecule has 0 aromatic heterocycles. The zero-order valence-corrected chi connectivity index (χ0v) is 10.1. The summed E-state index contributed by atoms with van der Waals surface area (Å²) in [5.41, 5.74) is 0.279. The molecular weight excluding hydrogens is 194 g/mol. The van der Waals surface area contributed by atoms with E-state index in [9.17, 15) is 0 Å². The van der Waals surface area contributed by atoms with Crippen molar-refractivity contribution in [2.45, 2.75) is 32.3 Å². The summed E-state index contributed by atoms with van der Waals surface area (Å²) in [6.45, 7) is 7.85. The highest BCUT2D eigenvalue weighted by atomic mass is 32.2. The second-order valence-corrected chi connectivity index (χ2v) is 5.16. The Morgan fingerprint density at radius 3 is 2.43 bits per heavy atom. The van der Waals surface area contributed by atoms with Crippen LogP contribution in [0.3, 0.4) is 0 Å². The van der Waals surface area contributed by atoms with E-state index >= 15 is 0 Å². The lowest BCUT2D eigenvalue weighted by Gasteiger charge is -2.50. The molecule has 1 spiro atoms. The van der Waals surface area contributed by atoms with Crippen LogP contribution in [0.4, 0.5) is 0 Å². The maximum atomic E-state index is 5.94. The highest BCUT2D eigenvalue weighted by Crippen LogP contribution is 2.43. The Morgan fingerprint density at radius 1 is 1.29 bits per heavy atom. The smallest absolute Gasteiger partial charge is 0.0939 e. The van der Waals surface area contributed by atoms with Gasteiger partial charge in [0, 0.05) is 12.3 Å². The topological polar surface area (TPSA) is 12.5 Å². The van der Waals surface area contributed by atoms with E-state index in [2.05, 4.69) is 4.90 Å². The minimum atomic E-state index is 0.279. The van der Waals surface area contributed by atoms with Gasteiger partial charge in [0.05, 0.1) is 11.5 Å². The third-order valence-corrected chi connectivity index (χ3v) is 4.58. The lowest BCUT2D eigenvalue weighted by Crippen LogP contribution is -2.60. The Hall–Kier alpha value is 0.270. The molecule has 14 heavy (non-hydrogen) atoms. The Labute approximate surface area is 91.4 Å². The predicted octanol–water partition coefficient (Wildman–Crippen LogP) is 2.20. The zero-order valence-electron chi connectivity index (χ0n) is 9.29. The summed E-state index contributed by atoms with van der Waals surface area (Å²) in [6.07, 6.45) is 2.75. The molecule has 0 N–H and O–H groups in total. The van der Waals surface area contributed by atoms with Gasteiger partial charge in [-0.1, -0.05) is 13.8 Å². The molecule has 3 heteroatoms. The van der Waals surface area contributed by atoms with Crippen molar-refractivity contribution in [3.63, 3.8) is 0 Å². The minimum absolute atomic E-state index is 0.279. The number of piperidine rings is 3. The van der Waals surface area contributed by atoms with Gasteiger partial charge in [0.25, 0.3) is 0 Å². The zero-order chi connectivity index (χ0) is 10.0. The van der Waals surface area contributed by atoms with E-state index in [1.807, 2.05) is 25.6 Å². The largest absolute Gasteiger partial charge is 0.362 e. The summed E-state index contributed by atoms with van der Waals surface area (Å²) < 4.78 is 5.94. The first-order chi connectivity index (χ1) is 6.89. The Balaban J connectivity index is 0.000000354. The SMILES string of the molecule is C1O[C@@]2(CS1)CN1CCC2CC1.CC. The number of thioether (sulfide) groups is 1. The van der Waals surface area contributed by atoms with E-state index < -0.39 is 0 Å². The van der Waals surface area contributed by atoms with Gasteiger partial charge < -0.3 is 9.64 Å².